The zero-order valence-electron chi connectivity index (χ0n) is 18.1. The topological polar surface area (TPSA) is 129 Å². The molecule has 11 heteroatoms. The van der Waals surface area contributed by atoms with Gasteiger partial charge in [0.05, 0.1) is 6.54 Å². The lowest BCUT2D eigenvalue weighted by molar-refractivity contribution is -0.139. The zero-order valence-corrected chi connectivity index (χ0v) is 18.1. The van der Waals surface area contributed by atoms with Crippen LogP contribution in [0.15, 0.2) is 18.2 Å². The summed E-state index contributed by atoms with van der Waals surface area (Å²) >= 11 is 0. The third kappa shape index (κ3) is 4.33. The molecule has 3 N–H and O–H groups in total. The highest BCUT2D eigenvalue weighted by Crippen LogP contribution is 2.34. The Balaban J connectivity index is 1.23. The highest BCUT2D eigenvalue weighted by atomic mass is 16.7. The second-order valence-corrected chi connectivity index (χ2v) is 8.40. The smallest absolute Gasteiger partial charge is 0.344 e. The molecule has 172 valence electrons. The maximum atomic E-state index is 12.6. The second-order valence-electron chi connectivity index (χ2n) is 8.40. The minimum Gasteiger partial charge on any atom is -0.454 e. The predicted molar refractivity (Wildman–Crippen MR) is 113 cm³/mol. The first-order valence-corrected chi connectivity index (χ1v) is 10.7. The summed E-state index contributed by atoms with van der Waals surface area (Å²) in [5.41, 5.74) is 2.03. The fourth-order valence-corrected chi connectivity index (χ4v) is 3.96. The Labute approximate surface area is 185 Å². The molecule has 0 radical (unpaired) electrons. The van der Waals surface area contributed by atoms with Gasteiger partial charge in [0.2, 0.25) is 12.7 Å². The quantitative estimate of drug-likeness (QED) is 0.553. The third-order valence-electron chi connectivity index (χ3n) is 6.17. The molecular formula is C21H27N5O6. The molecule has 3 aliphatic heterocycles. The minimum absolute atomic E-state index is 0.0381. The van der Waals surface area contributed by atoms with E-state index in [4.69, 9.17) is 9.47 Å². The number of imide groups is 1. The Hall–Kier alpha value is -3.34. The van der Waals surface area contributed by atoms with Crippen molar-refractivity contribution in [2.24, 2.45) is 5.92 Å². The highest BCUT2D eigenvalue weighted by Gasteiger charge is 2.47. The average Bonchev–Trinajstić information content (AvgIpc) is 3.32. The molecule has 1 aromatic carbocycles. The van der Waals surface area contributed by atoms with Gasteiger partial charge in [-0.3, -0.25) is 24.7 Å². The Morgan fingerprint density at radius 1 is 1.19 bits per heavy atom. The molecule has 32 heavy (non-hydrogen) atoms. The fraction of sp³-hybridized carbons (Fsp3) is 0.524. The number of hydrazine groups is 1. The van der Waals surface area contributed by atoms with Crippen LogP contribution in [-0.4, -0.2) is 65.6 Å². The number of carbonyl (C=O) groups is 4. The maximum Gasteiger partial charge on any atom is 0.344 e. The number of anilines is 1. The summed E-state index contributed by atoms with van der Waals surface area (Å²) in [6.07, 6.45) is 1.62. The van der Waals surface area contributed by atoms with E-state index in [0.717, 1.165) is 5.01 Å². The lowest BCUT2D eigenvalue weighted by atomic mass is 9.96. The largest absolute Gasteiger partial charge is 0.454 e. The van der Waals surface area contributed by atoms with Gasteiger partial charge in [-0.25, -0.2) is 4.79 Å². The molecule has 2 saturated heterocycles. The number of hydrogen-bond donors (Lipinski definition) is 3. The van der Waals surface area contributed by atoms with Crippen molar-refractivity contribution in [1.29, 1.82) is 0 Å². The molecule has 1 atom stereocenters. The van der Waals surface area contributed by atoms with Crippen LogP contribution >= 0.6 is 0 Å². The number of piperidine rings is 1. The van der Waals surface area contributed by atoms with Crippen LogP contribution in [-0.2, 0) is 14.4 Å². The summed E-state index contributed by atoms with van der Waals surface area (Å²) in [6.45, 7) is 4.73. The summed E-state index contributed by atoms with van der Waals surface area (Å²) in [4.78, 5) is 51.3. The lowest BCUT2D eigenvalue weighted by Gasteiger charge is -2.31. The van der Waals surface area contributed by atoms with Crippen LogP contribution in [0.4, 0.5) is 10.5 Å². The second kappa shape index (κ2) is 8.65. The number of rotatable bonds is 6. The van der Waals surface area contributed by atoms with Crippen molar-refractivity contribution in [2.45, 2.75) is 38.6 Å². The predicted octanol–water partition coefficient (Wildman–Crippen LogP) is 0.818. The Bertz CT molecular complexity index is 945. The van der Waals surface area contributed by atoms with Crippen molar-refractivity contribution in [3.8, 4) is 11.5 Å². The van der Waals surface area contributed by atoms with Crippen LogP contribution in [0.5, 0.6) is 11.5 Å². The van der Waals surface area contributed by atoms with Crippen LogP contribution in [0, 0.1) is 5.92 Å². The van der Waals surface area contributed by atoms with E-state index in [1.54, 1.807) is 32.0 Å². The fourth-order valence-electron chi connectivity index (χ4n) is 3.96. The summed E-state index contributed by atoms with van der Waals surface area (Å²) in [7, 11) is 0. The number of fused-ring (bicyclic) bond motifs is 1. The van der Waals surface area contributed by atoms with Gasteiger partial charge in [-0.05, 0) is 51.4 Å². The number of amides is 5. The molecule has 0 aromatic heterocycles. The number of ether oxygens (including phenoxy) is 2. The van der Waals surface area contributed by atoms with E-state index in [0.29, 0.717) is 49.5 Å². The Kier molecular flexibility index (Phi) is 5.92. The van der Waals surface area contributed by atoms with E-state index < -0.39 is 23.4 Å². The summed E-state index contributed by atoms with van der Waals surface area (Å²) in [6, 6.07) is 4.63. The molecule has 4 rings (SSSR count). The van der Waals surface area contributed by atoms with E-state index in [1.807, 2.05) is 4.90 Å². The minimum atomic E-state index is -1.01. The summed E-state index contributed by atoms with van der Waals surface area (Å²) in [5.74, 6) is 0.0894. The van der Waals surface area contributed by atoms with Crippen molar-refractivity contribution < 1.29 is 28.7 Å². The molecule has 0 aliphatic carbocycles. The Morgan fingerprint density at radius 2 is 1.91 bits per heavy atom. The first-order chi connectivity index (χ1) is 15.3. The molecular weight excluding hydrogens is 418 g/mol. The molecule has 5 amide bonds. The molecule has 0 bridgehead atoms. The molecule has 2 fully saturated rings. The highest BCUT2D eigenvalue weighted by molar-refractivity contribution is 6.07. The monoisotopic (exact) mass is 445 g/mol. The van der Waals surface area contributed by atoms with Gasteiger partial charge < -0.3 is 20.1 Å². The molecule has 0 unspecified atom stereocenters. The standard InChI is InChI=1S/C21H27N5O6/c1-3-21(2)19(29)26(20(30)23-21)24-17(27)11-25-8-6-13(7-9-25)18(28)22-14-4-5-15-16(10-14)32-12-31-15/h4-5,10,13H,3,6-9,11-12H2,1-2H3,(H,22,28)(H,23,30)(H,24,27)/t21-/m1/s1. The molecule has 3 heterocycles. The van der Waals surface area contributed by atoms with Crippen LogP contribution in [0.2, 0.25) is 0 Å². The first kappa shape index (κ1) is 21.9. The number of nitrogens with one attached hydrogen (secondary N) is 3. The third-order valence-corrected chi connectivity index (χ3v) is 6.17. The number of likely N-dealkylation sites (tertiary alicyclic amines) is 1. The Morgan fingerprint density at radius 3 is 2.59 bits per heavy atom. The van der Waals surface area contributed by atoms with Crippen molar-refractivity contribution in [3.05, 3.63) is 18.2 Å². The SMILES string of the molecule is CC[C@@]1(C)NC(=O)N(NC(=O)CN2CCC(C(=O)Nc3ccc4c(c3)OCO4)CC2)C1=O. The van der Waals surface area contributed by atoms with Gasteiger partial charge in [0.15, 0.2) is 11.5 Å². The maximum absolute atomic E-state index is 12.6. The van der Waals surface area contributed by atoms with E-state index in [-0.39, 0.29) is 25.2 Å². The summed E-state index contributed by atoms with van der Waals surface area (Å²) in [5, 5.41) is 6.25. The molecule has 3 aliphatic rings. The van der Waals surface area contributed by atoms with Gasteiger partial charge in [-0.1, -0.05) is 6.92 Å². The van der Waals surface area contributed by atoms with E-state index in [2.05, 4.69) is 16.1 Å². The van der Waals surface area contributed by atoms with Crippen molar-refractivity contribution in [1.82, 2.24) is 20.7 Å². The number of nitrogens with zero attached hydrogens (tertiary/aromatic N) is 2. The molecule has 1 aromatic rings. The van der Waals surface area contributed by atoms with Gasteiger partial charge >= 0.3 is 6.03 Å². The van der Waals surface area contributed by atoms with Crippen LogP contribution in [0.3, 0.4) is 0 Å². The number of carbonyl (C=O) groups excluding carboxylic acids is 4. The van der Waals surface area contributed by atoms with Crippen molar-refractivity contribution in [3.63, 3.8) is 0 Å². The van der Waals surface area contributed by atoms with Crippen LogP contribution < -0.4 is 25.5 Å². The van der Waals surface area contributed by atoms with Gasteiger partial charge in [0.25, 0.3) is 11.8 Å². The first-order valence-electron chi connectivity index (χ1n) is 10.7. The van der Waals surface area contributed by atoms with Gasteiger partial charge in [-0.2, -0.15) is 5.01 Å². The van der Waals surface area contributed by atoms with Gasteiger partial charge in [-0.15, -0.1) is 0 Å². The number of hydrogen-bond acceptors (Lipinski definition) is 7. The lowest BCUT2D eigenvalue weighted by Crippen LogP contribution is -2.52. The normalized spacial score (nSPS) is 23.2. The van der Waals surface area contributed by atoms with Gasteiger partial charge in [0, 0.05) is 17.7 Å². The van der Waals surface area contributed by atoms with Crippen molar-refractivity contribution >= 4 is 29.4 Å². The zero-order chi connectivity index (χ0) is 22.9. The van der Waals surface area contributed by atoms with E-state index in [1.165, 1.54) is 0 Å². The average molecular weight is 445 g/mol. The molecule has 11 nitrogen and oxygen atoms in total. The van der Waals surface area contributed by atoms with Crippen LogP contribution in [0.25, 0.3) is 0 Å². The molecule has 0 spiro atoms. The van der Waals surface area contributed by atoms with Crippen molar-refractivity contribution in [2.75, 3.05) is 31.7 Å². The summed E-state index contributed by atoms with van der Waals surface area (Å²) < 4.78 is 10.6. The van der Waals surface area contributed by atoms with Gasteiger partial charge in [0.1, 0.15) is 5.54 Å². The number of benzene rings is 1. The number of urea groups is 1. The molecule has 0 saturated carbocycles. The van der Waals surface area contributed by atoms with E-state index >= 15 is 0 Å². The van der Waals surface area contributed by atoms with Crippen LogP contribution in [0.1, 0.15) is 33.1 Å². The van der Waals surface area contributed by atoms with E-state index in [9.17, 15) is 19.2 Å².